The van der Waals surface area contributed by atoms with Gasteiger partial charge in [-0.25, -0.2) is 13.8 Å². The molecule has 154 valence electrons. The predicted molar refractivity (Wildman–Crippen MR) is 105 cm³/mol. The van der Waals surface area contributed by atoms with Crippen molar-refractivity contribution in [2.45, 2.75) is 39.2 Å². The molecular weight excluding hydrogens is 376 g/mol. The summed E-state index contributed by atoms with van der Waals surface area (Å²) in [6.45, 7) is 3.33. The van der Waals surface area contributed by atoms with Crippen molar-refractivity contribution in [3.05, 3.63) is 65.0 Å². The summed E-state index contributed by atoms with van der Waals surface area (Å²) in [7, 11) is 0. The van der Waals surface area contributed by atoms with Crippen LogP contribution in [-0.2, 0) is 11.3 Å². The maximum Gasteiger partial charge on any atom is 0.272 e. The van der Waals surface area contributed by atoms with Gasteiger partial charge in [-0.1, -0.05) is 12.1 Å². The number of nitrogens with one attached hydrogen (secondary N) is 1. The van der Waals surface area contributed by atoms with Crippen molar-refractivity contribution in [1.29, 1.82) is 0 Å². The second-order valence-electron chi connectivity index (χ2n) is 7.49. The molecule has 0 saturated carbocycles. The largest absolute Gasteiger partial charge is 0.352 e. The Hall–Kier alpha value is -2.83. The number of halogens is 2. The summed E-state index contributed by atoms with van der Waals surface area (Å²) >= 11 is 0. The van der Waals surface area contributed by atoms with E-state index in [9.17, 15) is 18.4 Å². The standard InChI is InChI=1S/C22H25F2N3O2/c1-15-4-2-6-20(26-15)22(29)27-11-3-5-16(14-27)8-10-21(28)25-13-17-7-9-18(23)19(24)12-17/h2,4,6-7,9,12,16H,3,5,8,10-11,13-14H2,1H3,(H,25,28)/t16-/m1/s1. The molecule has 3 rings (SSSR count). The van der Waals surface area contributed by atoms with E-state index in [1.807, 2.05) is 24.0 Å². The van der Waals surface area contributed by atoms with Gasteiger partial charge in [0.2, 0.25) is 5.91 Å². The minimum Gasteiger partial charge on any atom is -0.352 e. The molecule has 1 aromatic carbocycles. The molecule has 0 spiro atoms. The zero-order chi connectivity index (χ0) is 20.8. The summed E-state index contributed by atoms with van der Waals surface area (Å²) in [5, 5.41) is 2.73. The number of hydrogen-bond acceptors (Lipinski definition) is 3. The van der Waals surface area contributed by atoms with Gasteiger partial charge < -0.3 is 10.2 Å². The average molecular weight is 401 g/mol. The molecule has 0 unspecified atom stereocenters. The number of nitrogens with zero attached hydrogens (tertiary/aromatic N) is 2. The molecule has 1 aliphatic heterocycles. The lowest BCUT2D eigenvalue weighted by atomic mass is 9.93. The Morgan fingerprint density at radius 2 is 2.03 bits per heavy atom. The molecule has 2 amide bonds. The van der Waals surface area contributed by atoms with Gasteiger partial charge in [0.15, 0.2) is 11.6 Å². The molecule has 0 radical (unpaired) electrons. The highest BCUT2D eigenvalue weighted by Crippen LogP contribution is 2.22. The number of hydrogen-bond donors (Lipinski definition) is 1. The number of piperidine rings is 1. The van der Waals surface area contributed by atoms with E-state index in [-0.39, 0.29) is 24.3 Å². The lowest BCUT2D eigenvalue weighted by Gasteiger charge is -2.32. The van der Waals surface area contributed by atoms with Crippen LogP contribution >= 0.6 is 0 Å². The third kappa shape index (κ3) is 5.82. The van der Waals surface area contributed by atoms with Gasteiger partial charge >= 0.3 is 0 Å². The number of benzene rings is 1. The number of carbonyl (C=O) groups is 2. The first-order valence-electron chi connectivity index (χ1n) is 9.86. The van der Waals surface area contributed by atoms with Gasteiger partial charge in [-0.15, -0.1) is 0 Å². The number of likely N-dealkylation sites (tertiary alicyclic amines) is 1. The van der Waals surface area contributed by atoms with E-state index in [1.54, 1.807) is 6.07 Å². The summed E-state index contributed by atoms with van der Waals surface area (Å²) in [6, 6.07) is 8.99. The van der Waals surface area contributed by atoms with E-state index in [1.165, 1.54) is 6.07 Å². The molecular formula is C22H25F2N3O2. The Bertz CT molecular complexity index is 888. The quantitative estimate of drug-likeness (QED) is 0.804. The molecule has 29 heavy (non-hydrogen) atoms. The van der Waals surface area contributed by atoms with Gasteiger partial charge in [0.05, 0.1) is 0 Å². The van der Waals surface area contributed by atoms with Crippen LogP contribution in [0.4, 0.5) is 8.78 Å². The van der Waals surface area contributed by atoms with E-state index < -0.39 is 11.6 Å². The molecule has 2 aromatic rings. The molecule has 1 aromatic heterocycles. The van der Waals surface area contributed by atoms with Crippen molar-refractivity contribution in [2.24, 2.45) is 5.92 Å². The summed E-state index contributed by atoms with van der Waals surface area (Å²) in [6.07, 6.45) is 2.88. The summed E-state index contributed by atoms with van der Waals surface area (Å²) in [4.78, 5) is 30.9. The van der Waals surface area contributed by atoms with E-state index in [2.05, 4.69) is 10.3 Å². The van der Waals surface area contributed by atoms with Crippen LogP contribution in [0.2, 0.25) is 0 Å². The van der Waals surface area contributed by atoms with Crippen molar-refractivity contribution in [1.82, 2.24) is 15.2 Å². The Morgan fingerprint density at radius 1 is 1.21 bits per heavy atom. The van der Waals surface area contributed by atoms with Gasteiger partial charge in [0.25, 0.3) is 5.91 Å². The third-order valence-corrected chi connectivity index (χ3v) is 5.17. The van der Waals surface area contributed by atoms with Crippen molar-refractivity contribution in [3.63, 3.8) is 0 Å². The first-order chi connectivity index (χ1) is 13.9. The Kier molecular flexibility index (Phi) is 6.90. The van der Waals surface area contributed by atoms with Gasteiger partial charge in [0.1, 0.15) is 5.69 Å². The fraction of sp³-hybridized carbons (Fsp3) is 0.409. The molecule has 1 saturated heterocycles. The van der Waals surface area contributed by atoms with Crippen molar-refractivity contribution < 1.29 is 18.4 Å². The lowest BCUT2D eigenvalue weighted by Crippen LogP contribution is -2.40. The van der Waals surface area contributed by atoms with Crippen LogP contribution < -0.4 is 5.32 Å². The maximum atomic E-state index is 13.2. The van der Waals surface area contributed by atoms with Crippen LogP contribution in [0.15, 0.2) is 36.4 Å². The number of carbonyl (C=O) groups excluding carboxylic acids is 2. The lowest BCUT2D eigenvalue weighted by molar-refractivity contribution is -0.121. The number of aromatic nitrogens is 1. The minimum absolute atomic E-state index is 0.0683. The first-order valence-corrected chi connectivity index (χ1v) is 9.86. The number of amides is 2. The van der Waals surface area contributed by atoms with E-state index >= 15 is 0 Å². The fourth-order valence-electron chi connectivity index (χ4n) is 3.58. The molecule has 1 aliphatic rings. The molecule has 1 atom stereocenters. The maximum absolute atomic E-state index is 13.2. The van der Waals surface area contributed by atoms with E-state index in [0.29, 0.717) is 37.2 Å². The smallest absolute Gasteiger partial charge is 0.272 e. The molecule has 5 nitrogen and oxygen atoms in total. The highest BCUT2D eigenvalue weighted by atomic mass is 19.2. The van der Waals surface area contributed by atoms with Crippen LogP contribution in [0, 0.1) is 24.5 Å². The zero-order valence-corrected chi connectivity index (χ0v) is 16.5. The normalized spacial score (nSPS) is 16.5. The molecule has 7 heteroatoms. The monoisotopic (exact) mass is 401 g/mol. The van der Waals surface area contributed by atoms with Gasteiger partial charge in [-0.2, -0.15) is 0 Å². The van der Waals surface area contributed by atoms with Gasteiger partial charge in [-0.3, -0.25) is 9.59 Å². The van der Waals surface area contributed by atoms with Gasteiger partial charge in [0, 0.05) is 31.7 Å². The average Bonchev–Trinajstić information content (AvgIpc) is 2.72. The Labute approximate surface area is 169 Å². The van der Waals surface area contributed by atoms with E-state index in [4.69, 9.17) is 0 Å². The molecule has 1 fully saturated rings. The van der Waals surface area contributed by atoms with Crippen LogP contribution in [0.1, 0.15) is 47.4 Å². The second-order valence-corrected chi connectivity index (χ2v) is 7.49. The van der Waals surface area contributed by atoms with E-state index in [0.717, 1.165) is 30.7 Å². The Morgan fingerprint density at radius 3 is 2.79 bits per heavy atom. The van der Waals surface area contributed by atoms with Crippen molar-refractivity contribution >= 4 is 11.8 Å². The van der Waals surface area contributed by atoms with Gasteiger partial charge in [-0.05, 0) is 61.9 Å². The molecule has 1 N–H and O–H groups in total. The van der Waals surface area contributed by atoms with Crippen LogP contribution in [0.5, 0.6) is 0 Å². The fourth-order valence-corrected chi connectivity index (χ4v) is 3.58. The SMILES string of the molecule is Cc1cccc(C(=O)N2CCC[C@H](CCC(=O)NCc3ccc(F)c(F)c3)C2)n1. The second kappa shape index (κ2) is 9.58. The topological polar surface area (TPSA) is 62.3 Å². The highest BCUT2D eigenvalue weighted by Gasteiger charge is 2.25. The number of aryl methyl sites for hydroxylation is 1. The van der Waals surface area contributed by atoms with Crippen LogP contribution in [0.3, 0.4) is 0 Å². The predicted octanol–water partition coefficient (Wildman–Crippen LogP) is 3.62. The van der Waals surface area contributed by atoms with Crippen LogP contribution in [0.25, 0.3) is 0 Å². The van der Waals surface area contributed by atoms with Crippen molar-refractivity contribution in [3.8, 4) is 0 Å². The molecule has 2 heterocycles. The minimum atomic E-state index is -0.924. The first kappa shape index (κ1) is 20.9. The Balaban J connectivity index is 1.45. The molecule has 0 bridgehead atoms. The van der Waals surface area contributed by atoms with Crippen molar-refractivity contribution in [2.75, 3.05) is 13.1 Å². The summed E-state index contributed by atoms with van der Waals surface area (Å²) < 4.78 is 26.2. The summed E-state index contributed by atoms with van der Waals surface area (Å²) in [5.41, 5.74) is 1.77. The zero-order valence-electron chi connectivity index (χ0n) is 16.5. The number of pyridine rings is 1. The van der Waals surface area contributed by atoms with Crippen LogP contribution in [-0.4, -0.2) is 34.8 Å². The summed E-state index contributed by atoms with van der Waals surface area (Å²) in [5.74, 6) is -1.78. The molecule has 0 aliphatic carbocycles. The third-order valence-electron chi connectivity index (χ3n) is 5.17. The number of rotatable bonds is 6. The highest BCUT2D eigenvalue weighted by molar-refractivity contribution is 5.92.